The van der Waals surface area contributed by atoms with Crippen molar-refractivity contribution in [2.24, 2.45) is 0 Å². The Morgan fingerprint density at radius 3 is 1.85 bits per heavy atom. The fourth-order valence-corrected chi connectivity index (χ4v) is 2.43. The molecule has 2 unspecified atom stereocenters. The maximum absolute atomic E-state index is 11.1. The highest BCUT2D eigenvalue weighted by molar-refractivity contribution is 5.46. The molecule has 2 heteroatoms. The third kappa shape index (κ3) is 4.41. The van der Waals surface area contributed by atoms with Crippen molar-refractivity contribution in [3.63, 3.8) is 0 Å². The minimum absolute atomic E-state index is 0.566. The number of benzene rings is 3. The van der Waals surface area contributed by atoms with Crippen LogP contribution in [0, 0.1) is 23.7 Å². The molecule has 0 aliphatic carbocycles. The lowest BCUT2D eigenvalue weighted by molar-refractivity contribution is 0.163. The minimum Gasteiger partial charge on any atom is -0.376 e. The van der Waals surface area contributed by atoms with Crippen LogP contribution in [0.15, 0.2) is 91.0 Å². The molecule has 3 aromatic carbocycles. The summed E-state index contributed by atoms with van der Waals surface area (Å²) in [7, 11) is 0. The van der Waals surface area contributed by atoms with Gasteiger partial charge in [-0.2, -0.15) is 0 Å². The van der Waals surface area contributed by atoms with Crippen molar-refractivity contribution in [1.29, 1.82) is 0 Å². The first-order chi connectivity index (χ1) is 12.7. The van der Waals surface area contributed by atoms with Crippen molar-refractivity contribution in [3.8, 4) is 23.7 Å². The second-order valence-corrected chi connectivity index (χ2v) is 5.78. The van der Waals surface area contributed by atoms with E-state index in [0.717, 1.165) is 5.56 Å². The molecule has 0 bridgehead atoms. The van der Waals surface area contributed by atoms with E-state index in [1.165, 1.54) is 0 Å². The van der Waals surface area contributed by atoms with Gasteiger partial charge in [0.25, 0.3) is 0 Å². The van der Waals surface area contributed by atoms with Gasteiger partial charge in [0, 0.05) is 11.1 Å². The van der Waals surface area contributed by atoms with Gasteiger partial charge in [0.05, 0.1) is 0 Å². The molecule has 0 spiro atoms. The zero-order valence-corrected chi connectivity index (χ0v) is 14.1. The van der Waals surface area contributed by atoms with Crippen LogP contribution < -0.4 is 0 Å². The molecular formula is C24H18O2. The van der Waals surface area contributed by atoms with Crippen LogP contribution in [0.3, 0.4) is 0 Å². The molecule has 0 amide bonds. The number of aliphatic hydroxyl groups is 2. The molecule has 0 aliphatic heterocycles. The van der Waals surface area contributed by atoms with Gasteiger partial charge < -0.3 is 10.2 Å². The Morgan fingerprint density at radius 2 is 1.23 bits per heavy atom. The number of aliphatic hydroxyl groups excluding tert-OH is 1. The minimum atomic E-state index is -1.67. The van der Waals surface area contributed by atoms with Gasteiger partial charge in [-0.05, 0) is 29.5 Å². The largest absolute Gasteiger partial charge is 0.376 e. The maximum atomic E-state index is 11.1. The lowest BCUT2D eigenvalue weighted by Gasteiger charge is -2.16. The van der Waals surface area contributed by atoms with Gasteiger partial charge in [-0.15, -0.1) is 0 Å². The monoisotopic (exact) mass is 338 g/mol. The van der Waals surface area contributed by atoms with E-state index in [9.17, 15) is 10.2 Å². The Bertz CT molecular complexity index is 958. The molecule has 2 N–H and O–H groups in total. The third-order valence-corrected chi connectivity index (χ3v) is 3.86. The van der Waals surface area contributed by atoms with E-state index in [-0.39, 0.29) is 0 Å². The lowest BCUT2D eigenvalue weighted by Crippen LogP contribution is -2.21. The van der Waals surface area contributed by atoms with Gasteiger partial charge in [0.1, 0.15) is 6.10 Å². The highest BCUT2D eigenvalue weighted by Gasteiger charge is 2.24. The van der Waals surface area contributed by atoms with Gasteiger partial charge >= 0.3 is 0 Å². The van der Waals surface area contributed by atoms with Gasteiger partial charge in [-0.3, -0.25) is 0 Å². The van der Waals surface area contributed by atoms with Crippen LogP contribution in [-0.4, -0.2) is 10.2 Å². The molecular weight excluding hydrogens is 320 g/mol. The maximum Gasteiger partial charge on any atom is 0.214 e. The first kappa shape index (κ1) is 17.5. The molecule has 3 rings (SSSR count). The van der Waals surface area contributed by atoms with Crippen LogP contribution in [0.1, 0.15) is 22.8 Å². The molecule has 0 saturated heterocycles. The highest BCUT2D eigenvalue weighted by atomic mass is 16.3. The van der Waals surface area contributed by atoms with E-state index >= 15 is 0 Å². The average molecular weight is 338 g/mol. The third-order valence-electron chi connectivity index (χ3n) is 3.86. The first-order valence-corrected chi connectivity index (χ1v) is 8.29. The van der Waals surface area contributed by atoms with E-state index in [0.29, 0.717) is 11.1 Å². The van der Waals surface area contributed by atoms with Crippen LogP contribution in [0.4, 0.5) is 0 Å². The Balaban J connectivity index is 1.98. The molecule has 0 aromatic heterocycles. The molecule has 0 saturated carbocycles. The predicted octanol–water partition coefficient (Wildman–Crippen LogP) is 3.66. The summed E-state index contributed by atoms with van der Waals surface area (Å²) in [4.78, 5) is 0. The molecule has 2 nitrogen and oxygen atoms in total. The lowest BCUT2D eigenvalue weighted by atomic mass is 9.94. The zero-order chi connectivity index (χ0) is 18.2. The number of rotatable bonds is 2. The van der Waals surface area contributed by atoms with Crippen molar-refractivity contribution in [2.75, 3.05) is 0 Å². The molecule has 3 aromatic rings. The summed E-state index contributed by atoms with van der Waals surface area (Å²) in [5.74, 6) is 11.3. The van der Waals surface area contributed by atoms with Gasteiger partial charge in [0.15, 0.2) is 0 Å². The van der Waals surface area contributed by atoms with E-state index in [4.69, 9.17) is 0 Å². The van der Waals surface area contributed by atoms with Crippen LogP contribution in [0.2, 0.25) is 0 Å². The molecule has 2 atom stereocenters. The number of hydrogen-bond donors (Lipinski definition) is 2. The molecule has 126 valence electrons. The standard InChI is InChI=1S/C24H18O2/c25-23(21-12-6-2-7-13-21)17-19-24(26,22-14-8-3-9-15-22)18-16-20-10-4-1-5-11-20/h1-15,23,25-26H. The van der Waals surface area contributed by atoms with Gasteiger partial charge in [-0.25, -0.2) is 0 Å². The second-order valence-electron chi connectivity index (χ2n) is 5.78. The van der Waals surface area contributed by atoms with Crippen molar-refractivity contribution in [1.82, 2.24) is 0 Å². The van der Waals surface area contributed by atoms with Gasteiger partial charge in [0.2, 0.25) is 5.60 Å². The van der Waals surface area contributed by atoms with Crippen LogP contribution in [0.5, 0.6) is 0 Å². The fraction of sp³-hybridized carbons (Fsp3) is 0.0833. The van der Waals surface area contributed by atoms with Gasteiger partial charge in [-0.1, -0.05) is 90.7 Å². The summed E-state index contributed by atoms with van der Waals surface area (Å²) < 4.78 is 0. The predicted molar refractivity (Wildman–Crippen MR) is 103 cm³/mol. The Kier molecular flexibility index (Phi) is 5.52. The van der Waals surface area contributed by atoms with E-state index in [1.54, 1.807) is 24.3 Å². The summed E-state index contributed by atoms with van der Waals surface area (Å²) in [5, 5.41) is 21.4. The Labute approximate surface area is 153 Å². The summed E-state index contributed by atoms with van der Waals surface area (Å²) in [6.07, 6.45) is -0.995. The smallest absolute Gasteiger partial charge is 0.214 e. The fourth-order valence-electron chi connectivity index (χ4n) is 2.43. The van der Waals surface area contributed by atoms with Crippen molar-refractivity contribution in [3.05, 3.63) is 108 Å². The summed E-state index contributed by atoms with van der Waals surface area (Å²) in [5.41, 5.74) is 0.349. The second kappa shape index (κ2) is 8.19. The number of hydrogen-bond acceptors (Lipinski definition) is 2. The molecule has 0 heterocycles. The Morgan fingerprint density at radius 1 is 0.692 bits per heavy atom. The van der Waals surface area contributed by atoms with Crippen molar-refractivity contribution >= 4 is 0 Å². The summed E-state index contributed by atoms with van der Waals surface area (Å²) >= 11 is 0. The molecule has 26 heavy (non-hydrogen) atoms. The molecule has 0 fully saturated rings. The summed E-state index contributed by atoms with van der Waals surface area (Å²) in [6, 6.07) is 27.6. The zero-order valence-electron chi connectivity index (χ0n) is 14.1. The van der Waals surface area contributed by atoms with E-state index in [1.807, 2.05) is 66.7 Å². The topological polar surface area (TPSA) is 40.5 Å². The molecule has 0 aliphatic rings. The average Bonchev–Trinajstić information content (AvgIpc) is 2.72. The van der Waals surface area contributed by atoms with Crippen LogP contribution in [0.25, 0.3) is 0 Å². The van der Waals surface area contributed by atoms with E-state index < -0.39 is 11.7 Å². The molecule has 0 radical (unpaired) electrons. The Hall–Kier alpha value is -3.30. The van der Waals surface area contributed by atoms with Crippen molar-refractivity contribution < 1.29 is 10.2 Å². The quantitative estimate of drug-likeness (QED) is 0.700. The SMILES string of the molecule is OC(C#CC(O)(C#Cc1ccccc1)c1ccccc1)c1ccccc1. The van der Waals surface area contributed by atoms with Crippen molar-refractivity contribution in [2.45, 2.75) is 11.7 Å². The van der Waals surface area contributed by atoms with E-state index in [2.05, 4.69) is 23.7 Å². The normalized spacial score (nSPS) is 13.3. The van der Waals surface area contributed by atoms with Crippen LogP contribution in [-0.2, 0) is 5.60 Å². The highest BCUT2D eigenvalue weighted by Crippen LogP contribution is 2.21. The summed E-state index contributed by atoms with van der Waals surface area (Å²) in [6.45, 7) is 0. The van der Waals surface area contributed by atoms with Crippen LogP contribution >= 0.6 is 0 Å². The first-order valence-electron chi connectivity index (χ1n) is 8.29.